The van der Waals surface area contributed by atoms with Gasteiger partial charge in [0.1, 0.15) is 18.3 Å². The molecule has 0 aromatic heterocycles. The van der Waals surface area contributed by atoms with Crippen molar-refractivity contribution in [2.75, 3.05) is 19.8 Å². The smallest absolute Gasteiger partial charge is 0.326 e. The lowest BCUT2D eigenvalue weighted by atomic mass is 9.89. The Morgan fingerprint density at radius 3 is 2.62 bits per heavy atom. The molecule has 2 heterocycles. The number of ether oxygens (including phenoxy) is 2. The van der Waals surface area contributed by atoms with Crippen LogP contribution in [0.15, 0.2) is 23.3 Å². The van der Waals surface area contributed by atoms with E-state index in [1.807, 2.05) is 32.9 Å². The molecule has 0 spiro atoms. The molecule has 2 aliphatic rings. The molecule has 2 fully saturated rings. The van der Waals surface area contributed by atoms with Gasteiger partial charge in [-0.3, -0.25) is 15.0 Å². The highest BCUT2D eigenvalue weighted by Gasteiger charge is 2.47. The SMILES string of the molecule is CC(C)=CCC[C@](C)(O)[C@@H](O)CC/C(C)=C/COC[C@H]1O[C@@H](N2CCC(=O)NC2=O)[C@H](O)[C@@H]1O. The van der Waals surface area contributed by atoms with Crippen LogP contribution in [0.1, 0.15) is 59.8 Å². The maximum atomic E-state index is 12.0. The highest BCUT2D eigenvalue weighted by atomic mass is 16.6. The Morgan fingerprint density at radius 1 is 1.26 bits per heavy atom. The summed E-state index contributed by atoms with van der Waals surface area (Å²) in [5, 5.41) is 43.6. The number of rotatable bonds is 12. The number of imide groups is 1. The molecule has 0 aromatic carbocycles. The number of carbonyl (C=O) groups is 2. The van der Waals surface area contributed by atoms with E-state index in [1.165, 1.54) is 10.5 Å². The summed E-state index contributed by atoms with van der Waals surface area (Å²) in [6.07, 6.45) is 0.929. The molecule has 0 radical (unpaired) electrons. The topological polar surface area (TPSA) is 149 Å². The molecule has 194 valence electrons. The average Bonchev–Trinajstić information content (AvgIpc) is 3.03. The number of aliphatic hydroxyl groups excluding tert-OH is 3. The van der Waals surface area contributed by atoms with Gasteiger partial charge in [0, 0.05) is 13.0 Å². The standard InChI is InChI=1S/C24H40N2O8/c1-15(2)6-5-11-24(4,32)18(27)8-7-16(3)10-13-33-14-17-20(29)21(30)22(34-17)26-12-9-19(28)25-23(26)31/h6,10,17-18,20-22,27,29-30,32H,5,7-9,11-14H2,1-4H3,(H,25,28,31)/b16-10+/t17-,18+,20-,21-,22-,24+/m1/s1. The third-order valence-electron chi connectivity index (χ3n) is 6.30. The molecule has 0 aromatic rings. The second kappa shape index (κ2) is 12.8. The van der Waals surface area contributed by atoms with Crippen molar-refractivity contribution in [2.24, 2.45) is 0 Å². The van der Waals surface area contributed by atoms with Crippen LogP contribution < -0.4 is 5.32 Å². The minimum atomic E-state index is -1.31. The van der Waals surface area contributed by atoms with E-state index in [1.54, 1.807) is 6.92 Å². The molecule has 0 aliphatic carbocycles. The summed E-state index contributed by atoms with van der Waals surface area (Å²) < 4.78 is 11.2. The minimum absolute atomic E-state index is 0.00853. The Hall–Kier alpha value is -1.82. The molecule has 6 atom stereocenters. The number of nitrogens with one attached hydrogen (secondary N) is 1. The van der Waals surface area contributed by atoms with E-state index in [2.05, 4.69) is 5.32 Å². The van der Waals surface area contributed by atoms with Gasteiger partial charge < -0.3 is 29.9 Å². The molecule has 5 N–H and O–H groups in total. The minimum Gasteiger partial charge on any atom is -0.390 e. The Balaban J connectivity index is 1.73. The first kappa shape index (κ1) is 28.4. The first-order valence-electron chi connectivity index (χ1n) is 11.8. The fourth-order valence-electron chi connectivity index (χ4n) is 3.93. The summed E-state index contributed by atoms with van der Waals surface area (Å²) in [7, 11) is 0. The van der Waals surface area contributed by atoms with Crippen molar-refractivity contribution < 1.29 is 39.5 Å². The van der Waals surface area contributed by atoms with Crippen LogP contribution in [0.25, 0.3) is 0 Å². The summed E-state index contributed by atoms with van der Waals surface area (Å²) in [6.45, 7) is 7.90. The van der Waals surface area contributed by atoms with Crippen LogP contribution in [-0.4, -0.2) is 93.3 Å². The van der Waals surface area contributed by atoms with Crippen LogP contribution in [0.4, 0.5) is 4.79 Å². The first-order chi connectivity index (χ1) is 15.9. The highest BCUT2D eigenvalue weighted by molar-refractivity contribution is 5.96. The number of carbonyl (C=O) groups excluding carboxylic acids is 2. The molecule has 2 saturated heterocycles. The third kappa shape index (κ3) is 8.14. The van der Waals surface area contributed by atoms with Gasteiger partial charge in [0.2, 0.25) is 5.91 Å². The molecular formula is C24H40N2O8. The molecule has 3 amide bonds. The summed E-state index contributed by atoms with van der Waals surface area (Å²) in [6, 6.07) is -0.661. The van der Waals surface area contributed by atoms with Gasteiger partial charge in [-0.1, -0.05) is 23.3 Å². The van der Waals surface area contributed by atoms with E-state index in [9.17, 15) is 30.0 Å². The van der Waals surface area contributed by atoms with Crippen LogP contribution in [-0.2, 0) is 14.3 Å². The molecule has 2 aliphatic heterocycles. The molecule has 10 nitrogen and oxygen atoms in total. The number of nitrogens with zero attached hydrogens (tertiary/aromatic N) is 1. The van der Waals surface area contributed by atoms with Crippen LogP contribution in [0.3, 0.4) is 0 Å². The average molecular weight is 485 g/mol. The van der Waals surface area contributed by atoms with E-state index in [0.717, 1.165) is 5.57 Å². The zero-order chi connectivity index (χ0) is 25.5. The van der Waals surface area contributed by atoms with Crippen molar-refractivity contribution in [3.63, 3.8) is 0 Å². The lowest BCUT2D eigenvalue weighted by Gasteiger charge is -2.32. The fraction of sp³-hybridized carbons (Fsp3) is 0.750. The van der Waals surface area contributed by atoms with E-state index in [4.69, 9.17) is 9.47 Å². The van der Waals surface area contributed by atoms with Gasteiger partial charge in [0.15, 0.2) is 6.23 Å². The highest BCUT2D eigenvalue weighted by Crippen LogP contribution is 2.26. The van der Waals surface area contributed by atoms with Gasteiger partial charge in [-0.05, 0) is 53.4 Å². The van der Waals surface area contributed by atoms with Gasteiger partial charge in [0.05, 0.1) is 24.9 Å². The monoisotopic (exact) mass is 484 g/mol. The zero-order valence-electron chi connectivity index (χ0n) is 20.6. The Labute approximate surface area is 201 Å². The zero-order valence-corrected chi connectivity index (χ0v) is 20.6. The molecule has 2 rings (SSSR count). The molecule has 10 heteroatoms. The first-order valence-corrected chi connectivity index (χ1v) is 11.8. The number of urea groups is 1. The lowest BCUT2D eigenvalue weighted by Crippen LogP contribution is -2.56. The fourth-order valence-corrected chi connectivity index (χ4v) is 3.93. The predicted molar refractivity (Wildman–Crippen MR) is 125 cm³/mol. The van der Waals surface area contributed by atoms with Crippen LogP contribution >= 0.6 is 0 Å². The van der Waals surface area contributed by atoms with Gasteiger partial charge in [-0.25, -0.2) is 4.79 Å². The molecular weight excluding hydrogens is 444 g/mol. The van der Waals surface area contributed by atoms with Crippen LogP contribution in [0.5, 0.6) is 0 Å². The second-order valence-corrected chi connectivity index (χ2v) is 9.66. The molecule has 34 heavy (non-hydrogen) atoms. The Bertz CT molecular complexity index is 762. The number of hydrogen-bond donors (Lipinski definition) is 5. The van der Waals surface area contributed by atoms with Crippen molar-refractivity contribution in [1.82, 2.24) is 10.2 Å². The van der Waals surface area contributed by atoms with Crippen LogP contribution in [0.2, 0.25) is 0 Å². The number of hydrogen-bond acceptors (Lipinski definition) is 8. The largest absolute Gasteiger partial charge is 0.390 e. The van der Waals surface area contributed by atoms with E-state index in [-0.39, 0.29) is 26.2 Å². The van der Waals surface area contributed by atoms with Crippen molar-refractivity contribution in [3.05, 3.63) is 23.3 Å². The van der Waals surface area contributed by atoms with E-state index >= 15 is 0 Å². The van der Waals surface area contributed by atoms with Gasteiger partial charge in [0.25, 0.3) is 0 Å². The molecule has 0 saturated carbocycles. The maximum absolute atomic E-state index is 12.0. The van der Waals surface area contributed by atoms with Crippen molar-refractivity contribution in [3.8, 4) is 0 Å². The van der Waals surface area contributed by atoms with Crippen molar-refractivity contribution in [2.45, 2.75) is 96.0 Å². The summed E-state index contributed by atoms with van der Waals surface area (Å²) in [5.74, 6) is -0.392. The Morgan fingerprint density at radius 2 is 1.97 bits per heavy atom. The van der Waals surface area contributed by atoms with E-state index in [0.29, 0.717) is 25.7 Å². The Kier molecular flexibility index (Phi) is 10.7. The normalized spacial score (nSPS) is 28.5. The van der Waals surface area contributed by atoms with Crippen molar-refractivity contribution >= 4 is 11.9 Å². The van der Waals surface area contributed by atoms with Gasteiger partial charge >= 0.3 is 6.03 Å². The number of aliphatic hydroxyl groups is 4. The lowest BCUT2D eigenvalue weighted by molar-refractivity contribution is -0.126. The van der Waals surface area contributed by atoms with Crippen molar-refractivity contribution in [1.29, 1.82) is 0 Å². The molecule has 0 bridgehead atoms. The predicted octanol–water partition coefficient (Wildman–Crippen LogP) is 0.976. The van der Waals surface area contributed by atoms with Gasteiger partial charge in [-0.2, -0.15) is 0 Å². The third-order valence-corrected chi connectivity index (χ3v) is 6.30. The van der Waals surface area contributed by atoms with E-state index < -0.39 is 48.2 Å². The number of allylic oxidation sites excluding steroid dienone is 3. The van der Waals surface area contributed by atoms with Gasteiger partial charge in [-0.15, -0.1) is 0 Å². The van der Waals surface area contributed by atoms with Crippen LogP contribution in [0, 0.1) is 0 Å². The number of amides is 3. The molecule has 0 unspecified atom stereocenters. The maximum Gasteiger partial charge on any atom is 0.326 e. The quantitative estimate of drug-likeness (QED) is 0.203. The summed E-state index contributed by atoms with van der Waals surface area (Å²) in [5.41, 5.74) is 1.01. The summed E-state index contributed by atoms with van der Waals surface area (Å²) in [4.78, 5) is 24.5. The second-order valence-electron chi connectivity index (χ2n) is 9.66. The summed E-state index contributed by atoms with van der Waals surface area (Å²) >= 11 is 0.